The predicted octanol–water partition coefficient (Wildman–Crippen LogP) is 4.13. The van der Waals surface area contributed by atoms with Gasteiger partial charge in [0.05, 0.1) is 0 Å². The molecule has 4 aromatic rings. The van der Waals surface area contributed by atoms with Crippen LogP contribution in [-0.2, 0) is 25.9 Å². The summed E-state index contributed by atoms with van der Waals surface area (Å²) in [6.45, 7) is 2.69. The number of hydrogen-bond acceptors (Lipinski definition) is 6. The molecule has 1 aromatic carbocycles. The largest absolute Gasteiger partial charge is 0.339 e. The molecule has 0 aliphatic carbocycles. The summed E-state index contributed by atoms with van der Waals surface area (Å²) >= 11 is 12.0. The molecule has 0 amide bonds. The number of unbranched alkanes of at least 4 members (excludes halogenated alkanes) is 2. The van der Waals surface area contributed by atoms with Crippen molar-refractivity contribution in [2.24, 2.45) is 0 Å². The van der Waals surface area contributed by atoms with Gasteiger partial charge in [-0.05, 0) is 42.1 Å². The molecule has 4 rings (SSSR count). The molecule has 0 radical (unpaired) electrons. The van der Waals surface area contributed by atoms with Gasteiger partial charge in [0, 0.05) is 31.0 Å². The second-order valence-corrected chi connectivity index (χ2v) is 8.71. The Hall–Kier alpha value is -2.98. The number of halogens is 3. The molecule has 0 aliphatic heterocycles. The van der Waals surface area contributed by atoms with Crippen LogP contribution >= 0.6 is 23.2 Å². The number of fused-ring (bicyclic) bond motifs is 1. The zero-order valence-electron chi connectivity index (χ0n) is 18.5. The Balaban J connectivity index is 1.47. The van der Waals surface area contributed by atoms with Gasteiger partial charge in [-0.2, -0.15) is 9.97 Å². The molecule has 3 heterocycles. The van der Waals surface area contributed by atoms with Gasteiger partial charge in [0.25, 0.3) is 5.56 Å². The van der Waals surface area contributed by atoms with Gasteiger partial charge in [-0.3, -0.25) is 13.9 Å². The van der Waals surface area contributed by atoms with Crippen LogP contribution in [0.5, 0.6) is 0 Å². The molecule has 12 heteroatoms. The second kappa shape index (κ2) is 10.5. The van der Waals surface area contributed by atoms with Crippen molar-refractivity contribution in [2.45, 2.75) is 58.5 Å². The third-order valence-electron chi connectivity index (χ3n) is 5.46. The van der Waals surface area contributed by atoms with Crippen LogP contribution in [0.2, 0.25) is 10.3 Å². The van der Waals surface area contributed by atoms with Gasteiger partial charge < -0.3 is 9.51 Å². The fourth-order valence-corrected chi connectivity index (χ4v) is 4.15. The van der Waals surface area contributed by atoms with E-state index in [0.29, 0.717) is 43.1 Å². The minimum absolute atomic E-state index is 0.0631. The first-order chi connectivity index (χ1) is 16.4. The van der Waals surface area contributed by atoms with Gasteiger partial charge in [0.15, 0.2) is 17.0 Å². The number of nitrogens with zero attached hydrogens (tertiary/aromatic N) is 5. The zero-order chi connectivity index (χ0) is 24.2. The molecule has 9 nitrogen and oxygen atoms in total. The lowest BCUT2D eigenvalue weighted by atomic mass is 10.1. The van der Waals surface area contributed by atoms with E-state index in [-0.39, 0.29) is 28.0 Å². The molecule has 180 valence electrons. The Morgan fingerprint density at radius 3 is 2.65 bits per heavy atom. The third kappa shape index (κ3) is 5.23. The highest BCUT2D eigenvalue weighted by Crippen LogP contribution is 2.20. The number of aromatic nitrogens is 6. The smallest absolute Gasteiger partial charge is 0.332 e. The molecule has 0 saturated heterocycles. The summed E-state index contributed by atoms with van der Waals surface area (Å²) in [6.07, 6.45) is 3.83. The third-order valence-corrected chi connectivity index (χ3v) is 5.99. The summed E-state index contributed by atoms with van der Waals surface area (Å²) in [7, 11) is 0. The van der Waals surface area contributed by atoms with Crippen LogP contribution in [0.3, 0.4) is 0 Å². The van der Waals surface area contributed by atoms with Crippen molar-refractivity contribution in [3.63, 3.8) is 0 Å². The molecule has 0 atom stereocenters. The predicted molar refractivity (Wildman–Crippen MR) is 126 cm³/mol. The monoisotopic (exact) mass is 508 g/mol. The number of benzene rings is 1. The quantitative estimate of drug-likeness (QED) is 0.254. The number of aryl methyl sites for hydroxylation is 2. The fraction of sp³-hybridized carbons (Fsp3) is 0.409. The van der Waals surface area contributed by atoms with Gasteiger partial charge in [-0.1, -0.05) is 42.6 Å². The first-order valence-corrected chi connectivity index (χ1v) is 11.8. The molecule has 0 spiro atoms. The molecular weight excluding hydrogens is 486 g/mol. The van der Waals surface area contributed by atoms with Crippen LogP contribution in [0.1, 0.15) is 49.9 Å². The minimum Gasteiger partial charge on any atom is -0.339 e. The Labute approximate surface area is 203 Å². The maximum Gasteiger partial charge on any atom is 0.332 e. The van der Waals surface area contributed by atoms with E-state index in [2.05, 4.69) is 27.0 Å². The highest BCUT2D eigenvalue weighted by molar-refractivity contribution is 6.31. The average molecular weight is 509 g/mol. The van der Waals surface area contributed by atoms with Gasteiger partial charge in [0.2, 0.25) is 11.2 Å². The van der Waals surface area contributed by atoms with Crippen molar-refractivity contribution in [1.82, 2.24) is 29.2 Å². The summed E-state index contributed by atoms with van der Waals surface area (Å²) < 4.78 is 21.2. The molecule has 0 unspecified atom stereocenters. The minimum atomic E-state index is -0.469. The van der Waals surface area contributed by atoms with E-state index in [9.17, 15) is 14.0 Å². The van der Waals surface area contributed by atoms with E-state index in [4.69, 9.17) is 27.7 Å². The lowest BCUT2D eigenvalue weighted by Gasteiger charge is -2.10. The van der Waals surface area contributed by atoms with Crippen molar-refractivity contribution in [3.05, 3.63) is 72.4 Å². The fourth-order valence-electron chi connectivity index (χ4n) is 3.74. The summed E-state index contributed by atoms with van der Waals surface area (Å²) in [5.74, 6) is 0.362. The number of aromatic amines is 1. The van der Waals surface area contributed by atoms with E-state index < -0.39 is 17.1 Å². The lowest BCUT2D eigenvalue weighted by molar-refractivity contribution is 0.367. The standard InChI is InChI=1S/C22H23Cl2FN6O3/c1-2-3-4-9-30-19-18(27-21(24)28-19)20(32)31(22(30)33)10-5-6-17-26-16(29-34-17)11-13-7-8-14(25)12-15(13)23/h7-8,12H,2-6,9-11H2,1H3,(H,27,28). The van der Waals surface area contributed by atoms with Crippen LogP contribution in [0.15, 0.2) is 32.3 Å². The first-order valence-electron chi connectivity index (χ1n) is 11.0. The first kappa shape index (κ1) is 24.2. The van der Waals surface area contributed by atoms with Crippen molar-refractivity contribution in [1.29, 1.82) is 0 Å². The second-order valence-electron chi connectivity index (χ2n) is 7.94. The van der Waals surface area contributed by atoms with Crippen molar-refractivity contribution in [3.8, 4) is 0 Å². The van der Waals surface area contributed by atoms with Crippen LogP contribution in [0.25, 0.3) is 11.2 Å². The number of hydrogen-bond donors (Lipinski definition) is 1. The Bertz CT molecular complexity index is 1420. The van der Waals surface area contributed by atoms with Gasteiger partial charge in [-0.15, -0.1) is 0 Å². The maximum absolute atomic E-state index is 13.2. The molecule has 0 aliphatic rings. The zero-order valence-corrected chi connectivity index (χ0v) is 20.0. The van der Waals surface area contributed by atoms with Crippen molar-refractivity contribution < 1.29 is 8.91 Å². The summed E-state index contributed by atoms with van der Waals surface area (Å²) in [4.78, 5) is 37.1. The molecule has 0 fully saturated rings. The van der Waals surface area contributed by atoms with Crippen LogP contribution in [-0.4, -0.2) is 29.2 Å². The molecule has 3 aromatic heterocycles. The van der Waals surface area contributed by atoms with E-state index in [1.807, 2.05) is 0 Å². The molecule has 34 heavy (non-hydrogen) atoms. The van der Waals surface area contributed by atoms with E-state index in [1.54, 1.807) is 6.07 Å². The van der Waals surface area contributed by atoms with E-state index >= 15 is 0 Å². The van der Waals surface area contributed by atoms with Crippen LogP contribution in [0.4, 0.5) is 4.39 Å². The van der Waals surface area contributed by atoms with Crippen LogP contribution < -0.4 is 11.2 Å². The topological polar surface area (TPSA) is 112 Å². The Morgan fingerprint density at radius 1 is 1.09 bits per heavy atom. The normalized spacial score (nSPS) is 11.5. The van der Waals surface area contributed by atoms with Gasteiger partial charge in [-0.25, -0.2) is 9.18 Å². The number of imidazole rings is 1. The van der Waals surface area contributed by atoms with Gasteiger partial charge in [0.1, 0.15) is 5.82 Å². The number of H-pyrrole nitrogens is 1. The highest BCUT2D eigenvalue weighted by atomic mass is 35.5. The Morgan fingerprint density at radius 2 is 1.88 bits per heavy atom. The number of rotatable bonds is 10. The summed E-state index contributed by atoms with van der Waals surface area (Å²) in [5.41, 5.74) is 0.264. The molecule has 0 saturated carbocycles. The molecule has 0 bridgehead atoms. The van der Waals surface area contributed by atoms with Crippen molar-refractivity contribution in [2.75, 3.05) is 0 Å². The lowest BCUT2D eigenvalue weighted by Crippen LogP contribution is -2.40. The SMILES string of the molecule is CCCCCn1c(=O)n(CCCc2nc(Cc3ccc(F)cc3Cl)no2)c(=O)c2[nH]c(Cl)nc21. The van der Waals surface area contributed by atoms with Crippen molar-refractivity contribution >= 4 is 34.4 Å². The Kier molecular flexibility index (Phi) is 7.47. The van der Waals surface area contributed by atoms with Gasteiger partial charge >= 0.3 is 5.69 Å². The molecular formula is C22H23Cl2FN6O3. The maximum atomic E-state index is 13.2. The summed E-state index contributed by atoms with van der Waals surface area (Å²) in [5, 5.41) is 4.28. The van der Waals surface area contributed by atoms with E-state index in [1.165, 1.54) is 21.3 Å². The van der Waals surface area contributed by atoms with E-state index in [0.717, 1.165) is 19.3 Å². The summed E-state index contributed by atoms with van der Waals surface area (Å²) in [6, 6.07) is 4.12. The van der Waals surface area contributed by atoms with Crippen LogP contribution in [0, 0.1) is 5.82 Å². The average Bonchev–Trinajstić information content (AvgIpc) is 3.41. The highest BCUT2D eigenvalue weighted by Gasteiger charge is 2.17. The molecule has 1 N–H and O–H groups in total. The number of nitrogens with one attached hydrogen (secondary N) is 1.